The van der Waals surface area contributed by atoms with Crippen LogP contribution in [0, 0.1) is 17.8 Å². The lowest BCUT2D eigenvalue weighted by Gasteiger charge is -2.56. The van der Waals surface area contributed by atoms with Gasteiger partial charge in [0.2, 0.25) is 0 Å². The molecular weight excluding hydrogens is 354 g/mol. The van der Waals surface area contributed by atoms with Crippen molar-refractivity contribution in [1.29, 1.82) is 0 Å². The van der Waals surface area contributed by atoms with Gasteiger partial charge in [0.15, 0.2) is 0 Å². The Labute approximate surface area is 166 Å². The van der Waals surface area contributed by atoms with Gasteiger partial charge in [0.1, 0.15) is 0 Å². The van der Waals surface area contributed by atoms with Gasteiger partial charge < -0.3 is 10.6 Å². The summed E-state index contributed by atoms with van der Waals surface area (Å²) in [7, 11) is 0. The van der Waals surface area contributed by atoms with Crippen LogP contribution in [0.15, 0.2) is 24.3 Å². The molecule has 0 unspecified atom stereocenters. The maximum atomic E-state index is 12.9. The van der Waals surface area contributed by atoms with Crippen LogP contribution >= 0.6 is 0 Å². The van der Waals surface area contributed by atoms with Crippen molar-refractivity contribution in [3.05, 3.63) is 35.4 Å². The maximum absolute atomic E-state index is 12.9. The van der Waals surface area contributed by atoms with Crippen molar-refractivity contribution < 1.29 is 14.8 Å². The van der Waals surface area contributed by atoms with Crippen LogP contribution in [0.25, 0.3) is 0 Å². The second kappa shape index (κ2) is 7.74. The van der Waals surface area contributed by atoms with Crippen LogP contribution in [0.1, 0.15) is 80.3 Å². The van der Waals surface area contributed by atoms with Gasteiger partial charge in [-0.25, -0.2) is 10.3 Å². The van der Waals surface area contributed by atoms with E-state index in [1.807, 2.05) is 12.1 Å². The van der Waals surface area contributed by atoms with Crippen molar-refractivity contribution in [2.45, 2.75) is 69.9 Å². The second-order valence-electron chi connectivity index (χ2n) is 9.20. The molecule has 0 aliphatic heterocycles. The smallest absolute Gasteiger partial charge is 0.315 e. The van der Waals surface area contributed by atoms with E-state index in [2.05, 4.69) is 17.6 Å². The topological polar surface area (TPSA) is 90.5 Å². The van der Waals surface area contributed by atoms with Gasteiger partial charge in [-0.15, -0.1) is 0 Å². The summed E-state index contributed by atoms with van der Waals surface area (Å²) in [6.07, 6.45) is 9.25. The number of amides is 3. The van der Waals surface area contributed by atoms with Crippen molar-refractivity contribution >= 4 is 11.9 Å². The van der Waals surface area contributed by atoms with E-state index in [9.17, 15) is 9.59 Å². The molecule has 6 nitrogen and oxygen atoms in total. The molecule has 4 aliphatic rings. The van der Waals surface area contributed by atoms with Gasteiger partial charge in [0.05, 0.1) is 6.04 Å². The first-order valence-corrected chi connectivity index (χ1v) is 10.6. The highest BCUT2D eigenvalue weighted by atomic mass is 16.5. The fraction of sp³-hybridized carbons (Fsp3) is 0.636. The number of rotatable bonds is 6. The third kappa shape index (κ3) is 3.88. The number of hydroxylamine groups is 1. The largest absolute Gasteiger partial charge is 0.333 e. The molecule has 4 fully saturated rings. The van der Waals surface area contributed by atoms with Crippen molar-refractivity contribution in [2.75, 3.05) is 0 Å². The third-order valence-electron chi connectivity index (χ3n) is 6.98. The summed E-state index contributed by atoms with van der Waals surface area (Å²) in [6.45, 7) is 2.10. The normalized spacial score (nSPS) is 31.3. The minimum atomic E-state index is -0.536. The van der Waals surface area contributed by atoms with Crippen LogP contribution in [0.5, 0.6) is 0 Å². The van der Waals surface area contributed by atoms with Gasteiger partial charge in [-0.3, -0.25) is 10.0 Å². The van der Waals surface area contributed by atoms with Crippen LogP contribution < -0.4 is 16.1 Å². The van der Waals surface area contributed by atoms with E-state index in [0.717, 1.165) is 55.4 Å². The molecule has 4 aliphatic carbocycles. The zero-order valence-corrected chi connectivity index (χ0v) is 16.5. The first-order chi connectivity index (χ1) is 13.5. The van der Waals surface area contributed by atoms with E-state index >= 15 is 0 Å². The Balaban J connectivity index is 1.42. The van der Waals surface area contributed by atoms with Crippen molar-refractivity contribution in [3.8, 4) is 0 Å². The zero-order chi connectivity index (χ0) is 19.7. The Morgan fingerprint density at radius 2 is 1.64 bits per heavy atom. The third-order valence-corrected chi connectivity index (χ3v) is 6.98. The van der Waals surface area contributed by atoms with E-state index in [1.54, 1.807) is 17.6 Å². The highest BCUT2D eigenvalue weighted by molar-refractivity contribution is 5.93. The van der Waals surface area contributed by atoms with E-state index in [-0.39, 0.29) is 17.6 Å². The van der Waals surface area contributed by atoms with Gasteiger partial charge in [-0.1, -0.05) is 25.5 Å². The average Bonchev–Trinajstić information content (AvgIpc) is 2.65. The molecule has 0 saturated heterocycles. The lowest BCUT2D eigenvalue weighted by atomic mass is 9.53. The summed E-state index contributed by atoms with van der Waals surface area (Å²) >= 11 is 0. The van der Waals surface area contributed by atoms with Gasteiger partial charge in [0.25, 0.3) is 5.91 Å². The fourth-order valence-electron chi connectivity index (χ4n) is 6.24. The average molecular weight is 386 g/mol. The quantitative estimate of drug-likeness (QED) is 0.442. The molecule has 4 N–H and O–H groups in total. The molecule has 152 valence electrons. The number of carbonyl (C=O) groups excluding carboxylic acids is 2. The number of hydrogen-bond acceptors (Lipinski definition) is 3. The van der Waals surface area contributed by atoms with Crippen LogP contribution in [0.2, 0.25) is 0 Å². The minimum Gasteiger partial charge on any atom is -0.333 e. The number of nitrogens with one attached hydrogen (secondary N) is 3. The predicted molar refractivity (Wildman–Crippen MR) is 106 cm³/mol. The molecule has 3 amide bonds. The summed E-state index contributed by atoms with van der Waals surface area (Å²) in [5, 5.41) is 15.3. The van der Waals surface area contributed by atoms with Crippen LogP contribution in [-0.2, 0) is 0 Å². The first-order valence-electron chi connectivity index (χ1n) is 10.6. The molecule has 6 heteroatoms. The number of hydrogen-bond donors (Lipinski definition) is 4. The number of carbonyl (C=O) groups is 2. The Kier molecular flexibility index (Phi) is 5.32. The molecule has 5 rings (SSSR count). The SMILES string of the molecule is CCC[C@@H](NC(=O)NC12CC3CC(CC(C3)C1)C2)c1ccc(C(=O)NO)cc1. The predicted octanol–water partition coefficient (Wildman–Crippen LogP) is 3.91. The summed E-state index contributed by atoms with van der Waals surface area (Å²) in [6, 6.07) is 6.86. The van der Waals surface area contributed by atoms with E-state index in [4.69, 9.17) is 5.21 Å². The maximum Gasteiger partial charge on any atom is 0.315 e. The molecule has 0 aromatic heterocycles. The van der Waals surface area contributed by atoms with E-state index in [0.29, 0.717) is 5.56 Å². The minimum absolute atomic E-state index is 0.00132. The highest BCUT2D eigenvalue weighted by Gasteiger charge is 2.51. The Morgan fingerprint density at radius 1 is 1.07 bits per heavy atom. The van der Waals surface area contributed by atoms with Gasteiger partial charge in [-0.2, -0.15) is 0 Å². The van der Waals surface area contributed by atoms with Crippen molar-refractivity contribution in [1.82, 2.24) is 16.1 Å². The molecule has 1 aromatic rings. The van der Waals surface area contributed by atoms with Crippen LogP contribution in [0.4, 0.5) is 4.79 Å². The van der Waals surface area contributed by atoms with E-state index in [1.165, 1.54) is 19.3 Å². The Bertz CT molecular complexity index is 696. The molecule has 0 heterocycles. The summed E-state index contributed by atoms with van der Waals surface area (Å²) in [5.74, 6) is 1.85. The molecule has 28 heavy (non-hydrogen) atoms. The molecule has 0 spiro atoms. The van der Waals surface area contributed by atoms with E-state index < -0.39 is 5.91 Å². The van der Waals surface area contributed by atoms with Gasteiger partial charge in [0, 0.05) is 11.1 Å². The van der Waals surface area contributed by atoms with Crippen molar-refractivity contribution in [2.24, 2.45) is 17.8 Å². The molecule has 1 aromatic carbocycles. The highest BCUT2D eigenvalue weighted by Crippen LogP contribution is 2.55. The number of urea groups is 1. The molecule has 4 saturated carbocycles. The van der Waals surface area contributed by atoms with Gasteiger partial charge in [-0.05, 0) is 80.4 Å². The van der Waals surface area contributed by atoms with Crippen LogP contribution in [-0.4, -0.2) is 22.7 Å². The molecule has 1 atom stereocenters. The summed E-state index contributed by atoms with van der Waals surface area (Å²) in [5.41, 5.74) is 3.00. The summed E-state index contributed by atoms with van der Waals surface area (Å²) in [4.78, 5) is 24.4. The summed E-state index contributed by atoms with van der Waals surface area (Å²) < 4.78 is 0. The fourth-order valence-corrected chi connectivity index (χ4v) is 6.24. The second-order valence-corrected chi connectivity index (χ2v) is 9.20. The molecular formula is C22H31N3O3. The van der Waals surface area contributed by atoms with Crippen LogP contribution in [0.3, 0.4) is 0 Å². The van der Waals surface area contributed by atoms with Gasteiger partial charge >= 0.3 is 6.03 Å². The first kappa shape index (κ1) is 19.2. The molecule has 4 bridgehead atoms. The van der Waals surface area contributed by atoms with Crippen molar-refractivity contribution in [3.63, 3.8) is 0 Å². The zero-order valence-electron chi connectivity index (χ0n) is 16.5. The number of benzene rings is 1. The Hall–Kier alpha value is -2.08. The molecule has 0 radical (unpaired) electrons. The monoisotopic (exact) mass is 385 g/mol. The lowest BCUT2D eigenvalue weighted by molar-refractivity contribution is -0.0136. The lowest BCUT2D eigenvalue weighted by Crippen LogP contribution is -2.61. The standard InChI is InChI=1S/C22H31N3O3/c1-2-3-19(17-4-6-18(7-5-17)20(26)25-28)23-21(27)24-22-11-14-8-15(12-22)10-16(9-14)13-22/h4-7,14-16,19,28H,2-3,8-13H2,1H3,(H,25,26)(H2,23,24,27)/t14?,15?,16?,19-,22?/m1/s1. The Morgan fingerprint density at radius 3 is 2.14 bits per heavy atom.